The van der Waals surface area contributed by atoms with Crippen LogP contribution in [0.4, 0.5) is 11.4 Å². The maximum Gasteiger partial charge on any atom is 0.417 e. The largest absolute Gasteiger partial charge is 0.417 e. The maximum atomic E-state index is 12.5. The fourth-order valence-corrected chi connectivity index (χ4v) is 4.00. The second kappa shape index (κ2) is 6.03. The summed E-state index contributed by atoms with van der Waals surface area (Å²) in [6.07, 6.45) is 1.32. The lowest BCUT2D eigenvalue weighted by atomic mass is 10.3. The minimum absolute atomic E-state index is 0.0417. The summed E-state index contributed by atoms with van der Waals surface area (Å²) >= 11 is 0. The number of aromatic nitrogens is 1. The topological polar surface area (TPSA) is 112 Å². The molecule has 0 saturated carbocycles. The Kier molecular flexibility index (Phi) is 3.80. The number of carbonyl (C=O) groups excluding carboxylic acids is 1. The summed E-state index contributed by atoms with van der Waals surface area (Å²) in [5, 5.41) is 0. The lowest BCUT2D eigenvalue weighted by molar-refractivity contribution is -0.117. The highest BCUT2D eigenvalue weighted by Crippen LogP contribution is 2.24. The molecule has 134 valence electrons. The molecule has 1 aliphatic rings. The first-order valence-electron chi connectivity index (χ1n) is 7.98. The first-order valence-corrected chi connectivity index (χ1v) is 9.47. The van der Waals surface area contributed by atoms with E-state index in [0.717, 1.165) is 6.42 Å². The Morgan fingerprint density at radius 3 is 2.54 bits per heavy atom. The van der Waals surface area contributed by atoms with Gasteiger partial charge in [0.25, 0.3) is 10.0 Å². The minimum Gasteiger partial charge on any atom is -0.408 e. The van der Waals surface area contributed by atoms with Crippen LogP contribution in [0.1, 0.15) is 12.8 Å². The van der Waals surface area contributed by atoms with Crippen LogP contribution in [0, 0.1) is 0 Å². The van der Waals surface area contributed by atoms with Gasteiger partial charge < -0.3 is 9.32 Å². The lowest BCUT2D eigenvalue weighted by Gasteiger charge is -2.16. The third-order valence-corrected chi connectivity index (χ3v) is 5.60. The molecule has 0 spiro atoms. The number of fused-ring (bicyclic) bond motifs is 1. The lowest BCUT2D eigenvalue weighted by Crippen LogP contribution is -2.23. The predicted octanol–water partition coefficient (Wildman–Crippen LogP) is 2.05. The molecular formula is C17H15N3O5S. The van der Waals surface area contributed by atoms with E-state index in [4.69, 9.17) is 4.42 Å². The van der Waals surface area contributed by atoms with Crippen molar-refractivity contribution < 1.29 is 17.6 Å². The number of carbonyl (C=O) groups is 1. The quantitative estimate of drug-likeness (QED) is 0.727. The number of hydrogen-bond donors (Lipinski definition) is 2. The molecular weight excluding hydrogens is 358 g/mol. The molecule has 1 fully saturated rings. The second-order valence-electron chi connectivity index (χ2n) is 5.97. The van der Waals surface area contributed by atoms with Crippen molar-refractivity contribution in [3.05, 3.63) is 53.0 Å². The monoisotopic (exact) mass is 373 g/mol. The number of oxazole rings is 1. The van der Waals surface area contributed by atoms with Crippen LogP contribution in [-0.4, -0.2) is 25.9 Å². The van der Waals surface area contributed by atoms with Crippen LogP contribution in [0.5, 0.6) is 0 Å². The van der Waals surface area contributed by atoms with E-state index < -0.39 is 15.8 Å². The number of amides is 1. The van der Waals surface area contributed by atoms with Crippen molar-refractivity contribution in [2.45, 2.75) is 17.7 Å². The smallest absolute Gasteiger partial charge is 0.408 e. The average Bonchev–Trinajstić information content (AvgIpc) is 3.19. The van der Waals surface area contributed by atoms with Gasteiger partial charge in [-0.25, -0.2) is 13.2 Å². The molecule has 2 aromatic carbocycles. The van der Waals surface area contributed by atoms with Crippen LogP contribution < -0.4 is 15.4 Å². The van der Waals surface area contributed by atoms with Crippen molar-refractivity contribution in [1.29, 1.82) is 0 Å². The molecule has 1 saturated heterocycles. The number of H-pyrrole nitrogens is 1. The first kappa shape index (κ1) is 16.4. The van der Waals surface area contributed by atoms with Crippen molar-refractivity contribution in [3.63, 3.8) is 0 Å². The number of nitrogens with zero attached hydrogens (tertiary/aromatic N) is 1. The van der Waals surface area contributed by atoms with Gasteiger partial charge in [-0.3, -0.25) is 14.5 Å². The van der Waals surface area contributed by atoms with E-state index in [9.17, 15) is 18.0 Å². The summed E-state index contributed by atoms with van der Waals surface area (Å²) in [4.78, 5) is 27.2. The Morgan fingerprint density at radius 2 is 1.85 bits per heavy atom. The van der Waals surface area contributed by atoms with Gasteiger partial charge in [-0.2, -0.15) is 0 Å². The van der Waals surface area contributed by atoms with E-state index in [2.05, 4.69) is 9.71 Å². The fourth-order valence-electron chi connectivity index (χ4n) is 2.95. The van der Waals surface area contributed by atoms with Crippen LogP contribution in [0.3, 0.4) is 0 Å². The molecule has 0 unspecified atom stereocenters. The molecule has 4 rings (SSSR count). The molecule has 2 heterocycles. The van der Waals surface area contributed by atoms with E-state index in [-0.39, 0.29) is 22.1 Å². The summed E-state index contributed by atoms with van der Waals surface area (Å²) in [5.74, 6) is -0.563. The predicted molar refractivity (Wildman–Crippen MR) is 95.7 cm³/mol. The summed E-state index contributed by atoms with van der Waals surface area (Å²) in [6.45, 7) is 0.644. The van der Waals surface area contributed by atoms with Crippen molar-refractivity contribution in [1.82, 2.24) is 4.98 Å². The number of anilines is 2. The van der Waals surface area contributed by atoms with Crippen molar-refractivity contribution >= 4 is 38.4 Å². The van der Waals surface area contributed by atoms with Gasteiger partial charge in [0.05, 0.1) is 16.1 Å². The zero-order chi connectivity index (χ0) is 18.3. The Bertz CT molecular complexity index is 1150. The van der Waals surface area contributed by atoms with Crippen LogP contribution in [0.25, 0.3) is 11.1 Å². The fraction of sp³-hybridized carbons (Fsp3) is 0.176. The van der Waals surface area contributed by atoms with Gasteiger partial charge in [-0.15, -0.1) is 0 Å². The zero-order valence-corrected chi connectivity index (χ0v) is 14.4. The van der Waals surface area contributed by atoms with E-state index >= 15 is 0 Å². The van der Waals surface area contributed by atoms with Crippen molar-refractivity contribution in [3.8, 4) is 0 Å². The van der Waals surface area contributed by atoms with E-state index in [1.54, 1.807) is 23.1 Å². The van der Waals surface area contributed by atoms with E-state index in [0.29, 0.717) is 24.2 Å². The van der Waals surface area contributed by atoms with Gasteiger partial charge >= 0.3 is 5.76 Å². The molecule has 0 bridgehead atoms. The van der Waals surface area contributed by atoms with Gasteiger partial charge in [-0.05, 0) is 42.8 Å². The molecule has 26 heavy (non-hydrogen) atoms. The summed E-state index contributed by atoms with van der Waals surface area (Å²) in [6, 6.07) is 10.7. The number of benzene rings is 2. The third-order valence-electron chi connectivity index (χ3n) is 4.21. The highest BCUT2D eigenvalue weighted by atomic mass is 32.2. The molecule has 0 atom stereocenters. The van der Waals surface area contributed by atoms with Crippen molar-refractivity contribution in [2.75, 3.05) is 16.2 Å². The maximum absolute atomic E-state index is 12.5. The first-order chi connectivity index (χ1) is 12.4. The number of rotatable bonds is 4. The van der Waals surface area contributed by atoms with Gasteiger partial charge in [0.1, 0.15) is 0 Å². The Hall–Kier alpha value is -3.07. The second-order valence-corrected chi connectivity index (χ2v) is 7.66. The average molecular weight is 373 g/mol. The molecule has 2 N–H and O–H groups in total. The molecule has 1 aromatic heterocycles. The number of aromatic amines is 1. The molecule has 1 amide bonds. The minimum atomic E-state index is -3.81. The number of nitrogens with one attached hydrogen (secondary N) is 2. The number of sulfonamides is 1. The van der Waals surface area contributed by atoms with Crippen molar-refractivity contribution in [2.24, 2.45) is 0 Å². The van der Waals surface area contributed by atoms with E-state index in [1.807, 2.05) is 0 Å². The standard InChI is InChI=1S/C17H15N3O5S/c21-16-2-1-9-20(16)12-4-6-13(7-5-12)26(23,24)19-11-3-8-14-15(10-11)25-17(22)18-14/h3-8,10,19H,1-2,9H2,(H,18,22). The molecule has 9 heteroatoms. The highest BCUT2D eigenvalue weighted by molar-refractivity contribution is 7.92. The van der Waals surface area contributed by atoms with Crippen LogP contribution in [-0.2, 0) is 14.8 Å². The highest BCUT2D eigenvalue weighted by Gasteiger charge is 2.22. The third kappa shape index (κ3) is 2.97. The molecule has 1 aliphatic heterocycles. The van der Waals surface area contributed by atoms with Crippen LogP contribution >= 0.6 is 0 Å². The Balaban J connectivity index is 1.59. The normalized spacial score (nSPS) is 14.9. The molecule has 8 nitrogen and oxygen atoms in total. The molecule has 3 aromatic rings. The van der Waals surface area contributed by atoms with Gasteiger partial charge in [0, 0.05) is 24.7 Å². The molecule has 0 aliphatic carbocycles. The molecule has 0 radical (unpaired) electrons. The van der Waals surface area contributed by atoms with Crippen LogP contribution in [0.2, 0.25) is 0 Å². The summed E-state index contributed by atoms with van der Waals surface area (Å²) < 4.78 is 32.5. The zero-order valence-electron chi connectivity index (χ0n) is 13.6. The Morgan fingerprint density at radius 1 is 1.08 bits per heavy atom. The number of hydrogen-bond acceptors (Lipinski definition) is 5. The van der Waals surface area contributed by atoms with Gasteiger partial charge in [0.2, 0.25) is 5.91 Å². The van der Waals surface area contributed by atoms with Crippen LogP contribution in [0.15, 0.2) is 56.6 Å². The summed E-state index contributed by atoms with van der Waals surface area (Å²) in [5.41, 5.74) is 1.71. The van der Waals surface area contributed by atoms with E-state index in [1.165, 1.54) is 24.3 Å². The Labute approximate surface area is 148 Å². The SMILES string of the molecule is O=C1CCCN1c1ccc(S(=O)(=O)Nc2ccc3[nH]c(=O)oc3c2)cc1. The van der Waals surface area contributed by atoms with Gasteiger partial charge in [0.15, 0.2) is 5.58 Å². The summed E-state index contributed by atoms with van der Waals surface area (Å²) in [7, 11) is -3.81. The van der Waals surface area contributed by atoms with Gasteiger partial charge in [-0.1, -0.05) is 0 Å².